The molecule has 0 aliphatic carbocycles. The molecular weight excluding hydrogens is 435 g/mol. The van der Waals surface area contributed by atoms with Crippen LogP contribution in [0.25, 0.3) is 0 Å². The van der Waals surface area contributed by atoms with Gasteiger partial charge >= 0.3 is 0 Å². The first-order valence-electron chi connectivity index (χ1n) is 7.77. The lowest BCUT2D eigenvalue weighted by Gasteiger charge is -2.15. The monoisotopic (exact) mass is 460 g/mol. The number of nitrogens with zero attached hydrogens (tertiary/aromatic N) is 2. The van der Waals surface area contributed by atoms with Gasteiger partial charge < -0.3 is 15.4 Å². The highest BCUT2D eigenvalue weighted by Gasteiger charge is 2.07. The van der Waals surface area contributed by atoms with Crippen molar-refractivity contribution in [2.24, 2.45) is 4.99 Å². The summed E-state index contributed by atoms with van der Waals surface area (Å²) in [6.07, 6.45) is 1.74. The number of ether oxygens (including phenoxy) is 1. The summed E-state index contributed by atoms with van der Waals surface area (Å²) in [6.45, 7) is 6.55. The van der Waals surface area contributed by atoms with Crippen LogP contribution in [0.1, 0.15) is 30.2 Å². The average Bonchev–Trinajstić information content (AvgIpc) is 3.12. The Balaban J connectivity index is 0.00000288. The van der Waals surface area contributed by atoms with Crippen LogP contribution in [0.2, 0.25) is 0 Å². The number of hydrogen-bond donors (Lipinski definition) is 2. The number of aromatic nitrogens is 1. The number of guanidine groups is 1. The molecule has 5 nitrogen and oxygen atoms in total. The molecule has 0 spiro atoms. The lowest BCUT2D eigenvalue weighted by Crippen LogP contribution is -2.39. The molecule has 2 aromatic rings. The summed E-state index contributed by atoms with van der Waals surface area (Å²) < 4.78 is 5.14. The number of pyridine rings is 1. The fraction of sp³-hybridized carbons (Fsp3) is 0.412. The van der Waals surface area contributed by atoms with E-state index in [-0.39, 0.29) is 24.0 Å². The normalized spacial score (nSPS) is 12.2. The SMILES string of the molecule is CCNC(=NCc1ccnc(OC)c1)NCC(C)c1cccs1.I. The summed E-state index contributed by atoms with van der Waals surface area (Å²) in [5, 5.41) is 8.80. The average molecular weight is 460 g/mol. The van der Waals surface area contributed by atoms with Crippen LogP contribution in [0.5, 0.6) is 5.88 Å². The van der Waals surface area contributed by atoms with E-state index in [4.69, 9.17) is 4.74 Å². The fourth-order valence-electron chi connectivity index (χ4n) is 2.09. The lowest BCUT2D eigenvalue weighted by molar-refractivity contribution is 0.397. The number of thiophene rings is 1. The van der Waals surface area contributed by atoms with Gasteiger partial charge in [0.2, 0.25) is 5.88 Å². The Morgan fingerprint density at radius 2 is 2.21 bits per heavy atom. The van der Waals surface area contributed by atoms with Crippen molar-refractivity contribution in [3.8, 4) is 5.88 Å². The van der Waals surface area contributed by atoms with Crippen molar-refractivity contribution >= 4 is 41.3 Å². The van der Waals surface area contributed by atoms with Crippen molar-refractivity contribution in [2.75, 3.05) is 20.2 Å². The number of aliphatic imine (C=N–C) groups is 1. The second-order valence-corrected chi connectivity index (χ2v) is 6.18. The first-order valence-corrected chi connectivity index (χ1v) is 8.65. The first kappa shape index (κ1) is 20.7. The highest BCUT2D eigenvalue weighted by molar-refractivity contribution is 14.0. The van der Waals surface area contributed by atoms with E-state index in [1.54, 1.807) is 24.6 Å². The number of hydrogen-bond acceptors (Lipinski definition) is 4. The smallest absolute Gasteiger partial charge is 0.213 e. The fourth-order valence-corrected chi connectivity index (χ4v) is 2.88. The predicted octanol–water partition coefficient (Wildman–Crippen LogP) is 3.63. The molecule has 7 heteroatoms. The zero-order valence-corrected chi connectivity index (χ0v) is 17.4. The van der Waals surface area contributed by atoms with Crippen LogP contribution < -0.4 is 15.4 Å². The molecule has 1 unspecified atom stereocenters. The van der Waals surface area contributed by atoms with Crippen molar-refractivity contribution in [1.82, 2.24) is 15.6 Å². The Morgan fingerprint density at radius 1 is 1.38 bits per heavy atom. The summed E-state index contributed by atoms with van der Waals surface area (Å²) in [6, 6.07) is 8.11. The molecule has 2 rings (SSSR count). The molecule has 0 amide bonds. The molecule has 0 bridgehead atoms. The molecule has 0 aromatic carbocycles. The molecule has 2 N–H and O–H groups in total. The Labute approximate surface area is 165 Å². The third-order valence-corrected chi connectivity index (χ3v) is 4.48. The van der Waals surface area contributed by atoms with Crippen LogP contribution >= 0.6 is 35.3 Å². The van der Waals surface area contributed by atoms with Crippen LogP contribution in [-0.4, -0.2) is 31.1 Å². The molecule has 132 valence electrons. The molecule has 0 aliphatic rings. The molecule has 0 aliphatic heterocycles. The standard InChI is InChI=1S/C17H24N4OS.HI/c1-4-18-17(20-11-13(2)15-6-5-9-23-15)21-12-14-7-8-19-16(10-14)22-3;/h5-10,13H,4,11-12H2,1-3H3,(H2,18,20,21);1H. The number of rotatable bonds is 7. The number of nitrogens with one attached hydrogen (secondary N) is 2. The maximum Gasteiger partial charge on any atom is 0.213 e. The van der Waals surface area contributed by atoms with Crippen molar-refractivity contribution in [1.29, 1.82) is 0 Å². The molecule has 0 radical (unpaired) electrons. The summed E-state index contributed by atoms with van der Waals surface area (Å²) >= 11 is 1.79. The second-order valence-electron chi connectivity index (χ2n) is 5.20. The van der Waals surface area contributed by atoms with E-state index >= 15 is 0 Å². The topological polar surface area (TPSA) is 58.5 Å². The van der Waals surface area contributed by atoms with E-state index in [0.29, 0.717) is 18.3 Å². The second kappa shape index (κ2) is 11.2. The van der Waals surface area contributed by atoms with Crippen molar-refractivity contribution in [3.63, 3.8) is 0 Å². The predicted molar refractivity (Wildman–Crippen MR) is 112 cm³/mol. The van der Waals surface area contributed by atoms with E-state index in [1.165, 1.54) is 4.88 Å². The van der Waals surface area contributed by atoms with E-state index in [2.05, 4.69) is 52.0 Å². The van der Waals surface area contributed by atoms with E-state index in [1.807, 2.05) is 12.1 Å². The van der Waals surface area contributed by atoms with Gasteiger partial charge in [-0.2, -0.15) is 0 Å². The Morgan fingerprint density at radius 3 is 2.88 bits per heavy atom. The van der Waals surface area contributed by atoms with Crippen LogP contribution in [0.4, 0.5) is 0 Å². The Kier molecular flexibility index (Phi) is 9.70. The molecule has 0 fully saturated rings. The maximum atomic E-state index is 5.14. The van der Waals surface area contributed by atoms with Gasteiger partial charge in [0, 0.05) is 36.1 Å². The number of methoxy groups -OCH3 is 1. The molecule has 2 aromatic heterocycles. The van der Waals surface area contributed by atoms with Gasteiger partial charge in [0.1, 0.15) is 0 Å². The van der Waals surface area contributed by atoms with Gasteiger partial charge in [0.25, 0.3) is 0 Å². The maximum absolute atomic E-state index is 5.14. The minimum Gasteiger partial charge on any atom is -0.481 e. The largest absolute Gasteiger partial charge is 0.481 e. The summed E-state index contributed by atoms with van der Waals surface area (Å²) in [5.41, 5.74) is 1.07. The minimum atomic E-state index is 0. The molecule has 0 saturated heterocycles. The van der Waals surface area contributed by atoms with E-state index < -0.39 is 0 Å². The molecule has 2 heterocycles. The van der Waals surface area contributed by atoms with Crippen molar-refractivity contribution < 1.29 is 4.74 Å². The molecule has 24 heavy (non-hydrogen) atoms. The Hall–Kier alpha value is -1.35. The molecule has 1 atom stereocenters. The quantitative estimate of drug-likeness (QED) is 0.377. The van der Waals surface area contributed by atoms with Gasteiger partial charge in [0.15, 0.2) is 5.96 Å². The zero-order valence-electron chi connectivity index (χ0n) is 14.3. The van der Waals surface area contributed by atoms with Crippen LogP contribution in [0.15, 0.2) is 40.8 Å². The van der Waals surface area contributed by atoms with Crippen molar-refractivity contribution in [2.45, 2.75) is 26.3 Å². The highest BCUT2D eigenvalue weighted by Crippen LogP contribution is 2.19. The van der Waals surface area contributed by atoms with Gasteiger partial charge in [-0.25, -0.2) is 9.98 Å². The van der Waals surface area contributed by atoms with Crippen LogP contribution in [0.3, 0.4) is 0 Å². The third-order valence-electron chi connectivity index (χ3n) is 3.38. The van der Waals surface area contributed by atoms with Gasteiger partial charge in [-0.3, -0.25) is 0 Å². The zero-order chi connectivity index (χ0) is 16.5. The number of halogens is 1. The summed E-state index contributed by atoms with van der Waals surface area (Å²) in [7, 11) is 1.62. The summed E-state index contributed by atoms with van der Waals surface area (Å²) in [4.78, 5) is 10.1. The van der Waals surface area contributed by atoms with E-state index in [0.717, 1.165) is 24.6 Å². The molecular formula is C17H25IN4OS. The van der Waals surface area contributed by atoms with Gasteiger partial charge in [-0.05, 0) is 30.0 Å². The van der Waals surface area contributed by atoms with Crippen LogP contribution in [0, 0.1) is 0 Å². The summed E-state index contributed by atoms with van der Waals surface area (Å²) in [5.74, 6) is 1.90. The first-order chi connectivity index (χ1) is 11.2. The van der Waals surface area contributed by atoms with Gasteiger partial charge in [-0.1, -0.05) is 13.0 Å². The van der Waals surface area contributed by atoms with Crippen LogP contribution in [-0.2, 0) is 6.54 Å². The molecule has 0 saturated carbocycles. The Bertz CT molecular complexity index is 619. The van der Waals surface area contributed by atoms with Crippen molar-refractivity contribution in [3.05, 3.63) is 46.3 Å². The lowest BCUT2D eigenvalue weighted by atomic mass is 10.1. The minimum absolute atomic E-state index is 0. The third kappa shape index (κ3) is 6.64. The van der Waals surface area contributed by atoms with Gasteiger partial charge in [-0.15, -0.1) is 35.3 Å². The highest BCUT2D eigenvalue weighted by atomic mass is 127. The van der Waals surface area contributed by atoms with E-state index in [9.17, 15) is 0 Å². The van der Waals surface area contributed by atoms with Gasteiger partial charge in [0.05, 0.1) is 13.7 Å².